The van der Waals surface area contributed by atoms with Gasteiger partial charge in [0.05, 0.1) is 13.2 Å². The van der Waals surface area contributed by atoms with Gasteiger partial charge in [-0.2, -0.15) is 5.11 Å². The largest absolute Gasteiger partial charge is 0.462 e. The van der Waals surface area contributed by atoms with Crippen molar-refractivity contribution in [3.63, 3.8) is 0 Å². The van der Waals surface area contributed by atoms with Crippen molar-refractivity contribution in [2.24, 2.45) is 10.2 Å². The molecule has 23 heavy (non-hydrogen) atoms. The number of rotatable bonds is 4. The number of azo groups is 1. The molecule has 2 aliphatic rings. The molecule has 0 N–H and O–H groups in total. The van der Waals surface area contributed by atoms with Crippen molar-refractivity contribution in [3.8, 4) is 0 Å². The van der Waals surface area contributed by atoms with Gasteiger partial charge in [0, 0.05) is 0 Å². The van der Waals surface area contributed by atoms with Crippen molar-refractivity contribution in [1.82, 2.24) is 0 Å². The molecule has 6 nitrogen and oxygen atoms in total. The maximum Gasteiger partial charge on any atom is 0.359 e. The minimum atomic E-state index is -1.11. The summed E-state index contributed by atoms with van der Waals surface area (Å²) in [6.07, 6.45) is 3.63. The van der Waals surface area contributed by atoms with Crippen molar-refractivity contribution in [2.45, 2.75) is 19.4 Å². The minimum Gasteiger partial charge on any atom is -0.462 e. The molecule has 1 spiro atoms. The zero-order valence-corrected chi connectivity index (χ0v) is 12.9. The van der Waals surface area contributed by atoms with E-state index in [1.54, 1.807) is 19.9 Å². The lowest BCUT2D eigenvalue weighted by atomic mass is 9.84. The molecular formula is C17H16N2O4. The third-order valence-corrected chi connectivity index (χ3v) is 3.75. The van der Waals surface area contributed by atoms with Crippen LogP contribution in [0.2, 0.25) is 0 Å². The molecule has 0 saturated heterocycles. The van der Waals surface area contributed by atoms with Gasteiger partial charge in [-0.15, -0.1) is 5.11 Å². The van der Waals surface area contributed by atoms with E-state index in [0.717, 1.165) is 11.1 Å². The molecule has 1 heterocycles. The summed E-state index contributed by atoms with van der Waals surface area (Å²) in [5, 5.41) is 8.19. The van der Waals surface area contributed by atoms with E-state index in [4.69, 9.17) is 9.47 Å². The van der Waals surface area contributed by atoms with Crippen LogP contribution in [0.15, 0.2) is 51.8 Å². The van der Waals surface area contributed by atoms with Crippen LogP contribution in [0.5, 0.6) is 0 Å². The highest BCUT2D eigenvalue weighted by Crippen LogP contribution is 2.48. The lowest BCUT2D eigenvalue weighted by Gasteiger charge is -2.21. The fourth-order valence-electron chi connectivity index (χ4n) is 2.80. The van der Waals surface area contributed by atoms with E-state index in [2.05, 4.69) is 10.2 Å². The molecule has 0 fully saturated rings. The molecule has 1 aliphatic carbocycles. The van der Waals surface area contributed by atoms with Crippen LogP contribution in [0.1, 0.15) is 25.0 Å². The number of hydrogen-bond acceptors (Lipinski definition) is 6. The fraction of sp³-hybridized carbons (Fsp3) is 0.294. The Morgan fingerprint density at radius 1 is 1.09 bits per heavy atom. The van der Waals surface area contributed by atoms with Crippen LogP contribution in [0.4, 0.5) is 0 Å². The summed E-state index contributed by atoms with van der Waals surface area (Å²) in [6.45, 7) is 3.78. The van der Waals surface area contributed by atoms with Gasteiger partial charge < -0.3 is 9.47 Å². The Balaban J connectivity index is 2.16. The van der Waals surface area contributed by atoms with Gasteiger partial charge in [-0.1, -0.05) is 30.3 Å². The van der Waals surface area contributed by atoms with E-state index in [9.17, 15) is 9.59 Å². The maximum atomic E-state index is 12.5. The zero-order valence-electron chi connectivity index (χ0n) is 12.9. The van der Waals surface area contributed by atoms with Crippen LogP contribution in [0.25, 0.3) is 6.08 Å². The molecule has 0 saturated carbocycles. The summed E-state index contributed by atoms with van der Waals surface area (Å²) in [5.41, 5.74) is 0.639. The summed E-state index contributed by atoms with van der Waals surface area (Å²) in [5.74, 6) is -1.28. The van der Waals surface area contributed by atoms with Crippen molar-refractivity contribution < 1.29 is 19.1 Å². The van der Waals surface area contributed by atoms with Gasteiger partial charge in [0.1, 0.15) is 5.57 Å². The summed E-state index contributed by atoms with van der Waals surface area (Å²) < 4.78 is 10.1. The molecule has 1 aromatic carbocycles. The molecule has 1 aromatic rings. The van der Waals surface area contributed by atoms with Crippen LogP contribution < -0.4 is 0 Å². The first-order valence-corrected chi connectivity index (χ1v) is 7.44. The van der Waals surface area contributed by atoms with E-state index in [0.29, 0.717) is 0 Å². The van der Waals surface area contributed by atoms with Gasteiger partial charge in [-0.05, 0) is 31.1 Å². The zero-order chi connectivity index (χ0) is 16.4. The number of esters is 2. The molecular weight excluding hydrogens is 296 g/mol. The SMILES string of the molecule is CCOC(=O)C1=C(C(=O)OCC)[C@@]2(C=Cc3ccccc32)N=N1. The predicted molar refractivity (Wildman–Crippen MR) is 82.3 cm³/mol. The first-order chi connectivity index (χ1) is 11.1. The molecule has 0 aromatic heterocycles. The standard InChI is InChI=1S/C17H16N2O4/c1-3-22-15(20)13-14(16(21)23-4-2)18-19-17(13)10-9-11-7-5-6-8-12(11)17/h5-10H,3-4H2,1-2H3/t17-/m0/s1. The highest BCUT2D eigenvalue weighted by atomic mass is 16.5. The Bertz CT molecular complexity index is 764. The molecule has 1 atom stereocenters. The number of carbonyl (C=O) groups excluding carboxylic acids is 2. The maximum absolute atomic E-state index is 12.5. The second kappa shape index (κ2) is 5.79. The van der Waals surface area contributed by atoms with Crippen LogP contribution in [0, 0.1) is 0 Å². The summed E-state index contributed by atoms with van der Waals surface area (Å²) in [7, 11) is 0. The normalized spacial score (nSPS) is 21.0. The van der Waals surface area contributed by atoms with Crippen molar-refractivity contribution in [3.05, 3.63) is 52.7 Å². The van der Waals surface area contributed by atoms with Gasteiger partial charge in [0.2, 0.25) is 0 Å². The van der Waals surface area contributed by atoms with Crippen LogP contribution >= 0.6 is 0 Å². The number of hydrogen-bond donors (Lipinski definition) is 0. The first-order valence-electron chi connectivity index (χ1n) is 7.44. The Labute approximate surface area is 133 Å². The van der Waals surface area contributed by atoms with E-state index < -0.39 is 17.5 Å². The number of fused-ring (bicyclic) bond motifs is 2. The fourth-order valence-corrected chi connectivity index (χ4v) is 2.80. The van der Waals surface area contributed by atoms with Gasteiger partial charge in [0.15, 0.2) is 11.2 Å². The average Bonchev–Trinajstić information content (AvgIpc) is 3.11. The van der Waals surface area contributed by atoms with E-state index in [1.807, 2.05) is 30.3 Å². The molecule has 118 valence electrons. The average molecular weight is 312 g/mol. The molecule has 1 aliphatic heterocycles. The number of benzene rings is 1. The third-order valence-electron chi connectivity index (χ3n) is 3.75. The second-order valence-electron chi connectivity index (χ2n) is 5.05. The molecule has 0 radical (unpaired) electrons. The molecule has 0 bridgehead atoms. The van der Waals surface area contributed by atoms with Gasteiger partial charge in [-0.3, -0.25) is 0 Å². The number of ether oxygens (including phenoxy) is 2. The Kier molecular flexibility index (Phi) is 3.82. The lowest BCUT2D eigenvalue weighted by molar-refractivity contribution is -0.142. The van der Waals surface area contributed by atoms with Crippen LogP contribution in [0.3, 0.4) is 0 Å². The van der Waals surface area contributed by atoms with Gasteiger partial charge in [-0.25, -0.2) is 9.59 Å². The third kappa shape index (κ3) is 2.27. The molecule has 6 heteroatoms. The minimum absolute atomic E-state index is 0.0911. The van der Waals surface area contributed by atoms with Gasteiger partial charge in [0.25, 0.3) is 0 Å². The van der Waals surface area contributed by atoms with Crippen molar-refractivity contribution >= 4 is 18.0 Å². The first kappa shape index (κ1) is 15.1. The van der Waals surface area contributed by atoms with Crippen LogP contribution in [-0.4, -0.2) is 25.2 Å². The predicted octanol–water partition coefficient (Wildman–Crippen LogP) is 2.75. The Hall–Kier alpha value is -2.76. The molecule has 0 amide bonds. The van der Waals surface area contributed by atoms with E-state index in [-0.39, 0.29) is 24.5 Å². The Morgan fingerprint density at radius 2 is 1.78 bits per heavy atom. The highest BCUT2D eigenvalue weighted by molar-refractivity contribution is 6.04. The monoisotopic (exact) mass is 312 g/mol. The van der Waals surface area contributed by atoms with Crippen molar-refractivity contribution in [2.75, 3.05) is 13.2 Å². The van der Waals surface area contributed by atoms with E-state index >= 15 is 0 Å². The number of carbonyl (C=O) groups is 2. The molecule has 3 rings (SSSR count). The summed E-state index contributed by atoms with van der Waals surface area (Å²) >= 11 is 0. The van der Waals surface area contributed by atoms with Gasteiger partial charge >= 0.3 is 11.9 Å². The quantitative estimate of drug-likeness (QED) is 0.801. The van der Waals surface area contributed by atoms with E-state index in [1.165, 1.54) is 0 Å². The van der Waals surface area contributed by atoms with Crippen LogP contribution in [-0.2, 0) is 24.6 Å². The lowest BCUT2D eigenvalue weighted by Crippen LogP contribution is -2.28. The highest BCUT2D eigenvalue weighted by Gasteiger charge is 2.49. The Morgan fingerprint density at radius 3 is 2.52 bits per heavy atom. The topological polar surface area (TPSA) is 77.3 Å². The number of nitrogens with zero attached hydrogens (tertiary/aromatic N) is 2. The van der Waals surface area contributed by atoms with Crippen molar-refractivity contribution in [1.29, 1.82) is 0 Å². The summed E-state index contributed by atoms with van der Waals surface area (Å²) in [6, 6.07) is 7.53. The smallest absolute Gasteiger partial charge is 0.359 e. The summed E-state index contributed by atoms with van der Waals surface area (Å²) in [4.78, 5) is 24.6. The molecule has 0 unspecified atom stereocenters. The second-order valence-corrected chi connectivity index (χ2v) is 5.05.